The summed E-state index contributed by atoms with van der Waals surface area (Å²) in [5.74, 6) is -5.66. The van der Waals surface area contributed by atoms with Crippen molar-refractivity contribution in [3.8, 4) is 0 Å². The maximum Gasteiger partial charge on any atom is 0.249 e. The molecule has 67 heavy (non-hydrogen) atoms. The standard InChI is InChI=1S/C44H63N9O14/c1-24(48-43(64)25(2)66-39-37(50-27(4)56)44(67-33(22-54)38(39)60)65-23-28-10-6-5-7-11-28)42(63)53-32(41(46)62)17-18-36(59)52-31(40(45)61)12-8-9-21-47-34(57)19-20-35(58)51-30-15-13-29(14-16-30)49-26(3)55/h5-7,10-11,13-16,24-25,31-33,37-39,44,54,60H,8-9,12,17-23H2,1-4H3,(H2,45,61)(H2,46,62)(H,47,57)(H,48,64)(H,49,55)(H,50,56)(H,51,58)(H,52,59)(H,53,63)/t24-,25+,31-,32+,33+,37+,38+,39+,44-/m0/s1. The van der Waals surface area contributed by atoms with E-state index in [4.69, 9.17) is 25.7 Å². The van der Waals surface area contributed by atoms with Crippen molar-refractivity contribution in [2.24, 2.45) is 11.5 Å². The summed E-state index contributed by atoms with van der Waals surface area (Å²) in [6, 6.07) is 10.6. The Morgan fingerprint density at radius 3 is 1.93 bits per heavy atom. The second-order valence-corrected chi connectivity index (χ2v) is 15.9. The van der Waals surface area contributed by atoms with Crippen LogP contribution in [0.2, 0.25) is 0 Å². The first-order chi connectivity index (χ1) is 31.8. The first-order valence-electron chi connectivity index (χ1n) is 21.7. The maximum atomic E-state index is 13.3. The number of aliphatic hydroxyl groups excluding tert-OH is 2. The molecule has 1 aliphatic rings. The molecule has 1 aliphatic heterocycles. The number of amides is 9. The van der Waals surface area contributed by atoms with E-state index in [9.17, 15) is 53.4 Å². The van der Waals surface area contributed by atoms with E-state index in [-0.39, 0.29) is 63.0 Å². The smallest absolute Gasteiger partial charge is 0.249 e. The summed E-state index contributed by atoms with van der Waals surface area (Å²) >= 11 is 0. The lowest BCUT2D eigenvalue weighted by molar-refractivity contribution is -0.283. The number of aliphatic hydroxyl groups is 2. The molecule has 0 aliphatic carbocycles. The summed E-state index contributed by atoms with van der Waals surface area (Å²) in [5.41, 5.74) is 12.8. The summed E-state index contributed by atoms with van der Waals surface area (Å²) in [6.07, 6.45) is -6.52. The Balaban J connectivity index is 1.42. The molecule has 2 aromatic carbocycles. The van der Waals surface area contributed by atoms with Crippen molar-refractivity contribution in [2.45, 2.75) is 134 Å². The van der Waals surface area contributed by atoms with Crippen molar-refractivity contribution in [3.63, 3.8) is 0 Å². The molecule has 368 valence electrons. The van der Waals surface area contributed by atoms with Crippen LogP contribution in [0.1, 0.15) is 78.2 Å². The summed E-state index contributed by atoms with van der Waals surface area (Å²) < 4.78 is 17.6. The zero-order chi connectivity index (χ0) is 49.6. The van der Waals surface area contributed by atoms with Crippen LogP contribution >= 0.6 is 0 Å². The fraction of sp³-hybridized carbons (Fsp3) is 0.523. The Bertz CT molecular complexity index is 2010. The van der Waals surface area contributed by atoms with Crippen molar-refractivity contribution < 1.29 is 67.6 Å². The van der Waals surface area contributed by atoms with Gasteiger partial charge < -0.3 is 73.1 Å². The first kappa shape index (κ1) is 54.8. The third-order valence-electron chi connectivity index (χ3n) is 10.3. The molecule has 1 heterocycles. The molecule has 1 saturated heterocycles. The summed E-state index contributed by atoms with van der Waals surface area (Å²) in [4.78, 5) is 111. The van der Waals surface area contributed by atoms with E-state index in [0.717, 1.165) is 5.56 Å². The van der Waals surface area contributed by atoms with Gasteiger partial charge >= 0.3 is 0 Å². The molecule has 0 saturated carbocycles. The SMILES string of the molecule is CC(=O)Nc1ccc(NC(=O)CCC(=O)NCCCC[C@H](NC(=O)CC[C@@H](NC(=O)[C@H](C)NC(=O)[C@@H](C)O[C@H]2[C@H](O)[C@@H](CO)O[C@H](OCc3ccccc3)[C@@H]2NC(C)=O)C(N)=O)C(N)=O)cc1. The van der Waals surface area contributed by atoms with Gasteiger partial charge in [0.05, 0.1) is 13.2 Å². The van der Waals surface area contributed by atoms with Crippen LogP contribution < -0.4 is 48.7 Å². The van der Waals surface area contributed by atoms with E-state index in [0.29, 0.717) is 24.2 Å². The monoisotopic (exact) mass is 941 g/mol. The number of rotatable bonds is 27. The third kappa shape index (κ3) is 19.5. The second kappa shape index (κ2) is 27.8. The number of hydrogen-bond acceptors (Lipinski definition) is 14. The van der Waals surface area contributed by atoms with Crippen LogP contribution in [0, 0.1) is 0 Å². The first-order valence-corrected chi connectivity index (χ1v) is 21.7. The van der Waals surface area contributed by atoms with Gasteiger partial charge in [0.2, 0.25) is 53.2 Å². The van der Waals surface area contributed by atoms with Gasteiger partial charge in [-0.2, -0.15) is 0 Å². The van der Waals surface area contributed by atoms with Crippen LogP contribution in [0.15, 0.2) is 54.6 Å². The molecule has 9 atom stereocenters. The van der Waals surface area contributed by atoms with Gasteiger partial charge in [-0.25, -0.2) is 0 Å². The lowest BCUT2D eigenvalue weighted by Crippen LogP contribution is -2.66. The number of unbranched alkanes of at least 4 members (excludes halogenated alkanes) is 1. The Labute approximate surface area is 387 Å². The van der Waals surface area contributed by atoms with Crippen LogP contribution in [-0.4, -0.2) is 131 Å². The molecule has 2 aromatic rings. The predicted octanol–water partition coefficient (Wildman–Crippen LogP) is -1.55. The number of benzene rings is 2. The van der Waals surface area contributed by atoms with E-state index in [1.54, 1.807) is 48.5 Å². The van der Waals surface area contributed by atoms with E-state index >= 15 is 0 Å². The number of nitrogens with one attached hydrogen (secondary N) is 7. The van der Waals surface area contributed by atoms with Gasteiger partial charge in [0.1, 0.15) is 48.6 Å². The molecule has 23 heteroatoms. The molecule has 0 radical (unpaired) electrons. The minimum absolute atomic E-state index is 0.0376. The average molecular weight is 942 g/mol. The third-order valence-corrected chi connectivity index (χ3v) is 10.3. The van der Waals surface area contributed by atoms with Crippen LogP contribution in [0.4, 0.5) is 11.4 Å². The van der Waals surface area contributed by atoms with E-state index in [1.165, 1.54) is 27.7 Å². The van der Waals surface area contributed by atoms with E-state index < -0.39 is 96.9 Å². The molecule has 1 fully saturated rings. The quantitative estimate of drug-likeness (QED) is 0.0452. The van der Waals surface area contributed by atoms with Gasteiger partial charge in [0.25, 0.3) is 0 Å². The number of carbonyl (C=O) groups is 9. The number of primary amides is 2. The zero-order valence-electron chi connectivity index (χ0n) is 37.9. The highest BCUT2D eigenvalue weighted by molar-refractivity contribution is 5.94. The van der Waals surface area contributed by atoms with Gasteiger partial charge in [-0.15, -0.1) is 0 Å². The minimum atomic E-state index is -1.53. The Morgan fingerprint density at radius 1 is 0.716 bits per heavy atom. The Hall–Kier alpha value is -6.53. The summed E-state index contributed by atoms with van der Waals surface area (Å²) in [7, 11) is 0. The van der Waals surface area contributed by atoms with Gasteiger partial charge in [-0.3, -0.25) is 43.2 Å². The molecule has 13 N–H and O–H groups in total. The van der Waals surface area contributed by atoms with E-state index in [2.05, 4.69) is 37.2 Å². The van der Waals surface area contributed by atoms with Crippen molar-refractivity contribution >= 4 is 64.5 Å². The van der Waals surface area contributed by atoms with E-state index in [1.807, 2.05) is 6.07 Å². The van der Waals surface area contributed by atoms with Crippen molar-refractivity contribution in [2.75, 3.05) is 23.8 Å². The molecule has 0 aromatic heterocycles. The highest BCUT2D eigenvalue weighted by atomic mass is 16.7. The zero-order valence-corrected chi connectivity index (χ0v) is 37.9. The molecule has 9 amide bonds. The van der Waals surface area contributed by atoms with Gasteiger partial charge in [-0.1, -0.05) is 30.3 Å². The van der Waals surface area contributed by atoms with Crippen molar-refractivity contribution in [1.29, 1.82) is 0 Å². The Kier molecular flexibility index (Phi) is 22.8. The van der Waals surface area contributed by atoms with Crippen molar-refractivity contribution in [3.05, 3.63) is 60.2 Å². The van der Waals surface area contributed by atoms with Crippen LogP contribution in [-0.2, 0) is 64.0 Å². The summed E-state index contributed by atoms with van der Waals surface area (Å²) in [6.45, 7) is 4.85. The topological polar surface area (TPSA) is 358 Å². The molecule has 0 unspecified atom stereocenters. The fourth-order valence-electron chi connectivity index (χ4n) is 6.70. The highest BCUT2D eigenvalue weighted by Crippen LogP contribution is 2.27. The van der Waals surface area contributed by atoms with Crippen LogP contribution in [0.25, 0.3) is 0 Å². The average Bonchev–Trinajstić information content (AvgIpc) is 3.27. The van der Waals surface area contributed by atoms with Crippen molar-refractivity contribution in [1.82, 2.24) is 26.6 Å². The Morgan fingerprint density at radius 2 is 1.33 bits per heavy atom. The largest absolute Gasteiger partial charge is 0.394 e. The number of ether oxygens (including phenoxy) is 3. The normalized spacial score (nSPS) is 19.5. The maximum absolute atomic E-state index is 13.3. The number of hydrogen-bond donors (Lipinski definition) is 11. The fourth-order valence-corrected chi connectivity index (χ4v) is 6.70. The number of anilines is 2. The number of carbonyl (C=O) groups excluding carboxylic acids is 9. The molecule has 3 rings (SSSR count). The van der Waals surface area contributed by atoms with Crippen LogP contribution in [0.5, 0.6) is 0 Å². The van der Waals surface area contributed by atoms with Gasteiger partial charge in [0, 0.05) is 51.0 Å². The second-order valence-electron chi connectivity index (χ2n) is 15.9. The van der Waals surface area contributed by atoms with Crippen LogP contribution in [0.3, 0.4) is 0 Å². The van der Waals surface area contributed by atoms with Gasteiger partial charge in [0.15, 0.2) is 6.29 Å². The summed E-state index contributed by atoms with van der Waals surface area (Å²) in [5, 5.41) is 38.9. The highest BCUT2D eigenvalue weighted by Gasteiger charge is 2.48. The molecule has 0 bridgehead atoms. The molecular weight excluding hydrogens is 879 g/mol. The lowest BCUT2D eigenvalue weighted by atomic mass is 9.96. The molecular formula is C44H63N9O14. The minimum Gasteiger partial charge on any atom is -0.394 e. The lowest BCUT2D eigenvalue weighted by Gasteiger charge is -2.44. The molecule has 0 spiro atoms. The number of nitrogens with two attached hydrogens (primary N) is 2. The molecule has 23 nitrogen and oxygen atoms in total. The van der Waals surface area contributed by atoms with Gasteiger partial charge in [-0.05, 0) is 69.4 Å². The predicted molar refractivity (Wildman–Crippen MR) is 239 cm³/mol.